The molecule has 118 valence electrons. The van der Waals surface area contributed by atoms with Crippen LogP contribution < -0.4 is 0 Å². The summed E-state index contributed by atoms with van der Waals surface area (Å²) in [5.74, 6) is 0.692. The third kappa shape index (κ3) is 3.14. The van der Waals surface area contributed by atoms with Crippen LogP contribution in [0, 0.1) is 0 Å². The molecule has 4 heteroatoms. The van der Waals surface area contributed by atoms with Crippen LogP contribution in [0.2, 0.25) is 0 Å². The Balaban J connectivity index is 1.56. The molecule has 1 aliphatic heterocycles. The molecule has 3 aromatic rings. The monoisotopic (exact) mass is 307 g/mol. The van der Waals surface area contributed by atoms with Crippen molar-refractivity contribution >= 4 is 11.1 Å². The van der Waals surface area contributed by atoms with Gasteiger partial charge in [0, 0.05) is 38.3 Å². The van der Waals surface area contributed by atoms with Gasteiger partial charge in [0.1, 0.15) is 5.52 Å². The number of hydrogen-bond donors (Lipinski definition) is 0. The number of nitrogens with zero attached hydrogens (tertiary/aromatic N) is 3. The van der Waals surface area contributed by atoms with E-state index >= 15 is 0 Å². The van der Waals surface area contributed by atoms with Gasteiger partial charge in [-0.1, -0.05) is 24.3 Å². The van der Waals surface area contributed by atoms with Gasteiger partial charge in [-0.15, -0.1) is 0 Å². The van der Waals surface area contributed by atoms with Gasteiger partial charge < -0.3 is 9.32 Å². The molecule has 1 aromatic heterocycles. The molecule has 2 aromatic carbocycles. The number of benzene rings is 2. The van der Waals surface area contributed by atoms with Gasteiger partial charge in [0.2, 0.25) is 5.89 Å². The molecule has 0 spiro atoms. The van der Waals surface area contributed by atoms with Crippen LogP contribution in [0.5, 0.6) is 0 Å². The molecule has 0 bridgehead atoms. The van der Waals surface area contributed by atoms with Crippen LogP contribution in [0.15, 0.2) is 52.9 Å². The number of piperazine rings is 1. The molecule has 0 N–H and O–H groups in total. The minimum Gasteiger partial charge on any atom is -0.436 e. The average molecular weight is 307 g/mol. The van der Waals surface area contributed by atoms with Gasteiger partial charge in [-0.3, -0.25) is 4.90 Å². The maximum Gasteiger partial charge on any atom is 0.227 e. The summed E-state index contributed by atoms with van der Waals surface area (Å²) in [5.41, 5.74) is 4.11. The van der Waals surface area contributed by atoms with Crippen molar-refractivity contribution in [1.82, 2.24) is 14.8 Å². The number of hydrogen-bond acceptors (Lipinski definition) is 4. The largest absolute Gasteiger partial charge is 0.436 e. The SMILES string of the molecule is CN1CCN(Cc2ccc3oc(-c4ccccc4)nc3c2)CC1. The first-order valence-corrected chi connectivity index (χ1v) is 8.14. The molecule has 0 radical (unpaired) electrons. The predicted molar refractivity (Wildman–Crippen MR) is 92.2 cm³/mol. The lowest BCUT2D eigenvalue weighted by atomic mass is 10.2. The van der Waals surface area contributed by atoms with E-state index in [1.54, 1.807) is 0 Å². The van der Waals surface area contributed by atoms with Crippen LogP contribution in [0.4, 0.5) is 0 Å². The van der Waals surface area contributed by atoms with Crippen molar-refractivity contribution in [2.45, 2.75) is 6.54 Å². The number of fused-ring (bicyclic) bond motifs is 1. The number of oxazole rings is 1. The molecule has 1 aliphatic rings. The van der Waals surface area contributed by atoms with Crippen molar-refractivity contribution in [2.75, 3.05) is 33.2 Å². The minimum atomic E-state index is 0.692. The van der Waals surface area contributed by atoms with Crippen molar-refractivity contribution in [1.29, 1.82) is 0 Å². The first-order valence-electron chi connectivity index (χ1n) is 8.14. The van der Waals surface area contributed by atoms with Crippen LogP contribution in [-0.4, -0.2) is 48.0 Å². The average Bonchev–Trinajstić information content (AvgIpc) is 3.01. The lowest BCUT2D eigenvalue weighted by Gasteiger charge is -2.32. The van der Waals surface area contributed by atoms with Gasteiger partial charge in [0.05, 0.1) is 0 Å². The summed E-state index contributed by atoms with van der Waals surface area (Å²) in [6.45, 7) is 5.53. The van der Waals surface area contributed by atoms with Crippen molar-refractivity contribution in [3.05, 3.63) is 54.1 Å². The highest BCUT2D eigenvalue weighted by Crippen LogP contribution is 2.25. The van der Waals surface area contributed by atoms with E-state index in [9.17, 15) is 0 Å². The van der Waals surface area contributed by atoms with E-state index in [1.165, 1.54) is 5.56 Å². The highest BCUT2D eigenvalue weighted by Gasteiger charge is 2.15. The lowest BCUT2D eigenvalue weighted by molar-refractivity contribution is 0.148. The third-order valence-electron chi connectivity index (χ3n) is 4.47. The van der Waals surface area contributed by atoms with Crippen molar-refractivity contribution < 1.29 is 4.42 Å². The second-order valence-electron chi connectivity index (χ2n) is 6.27. The summed E-state index contributed by atoms with van der Waals surface area (Å²) in [5, 5.41) is 0. The molecule has 0 saturated carbocycles. The van der Waals surface area contributed by atoms with Gasteiger partial charge in [-0.05, 0) is 36.9 Å². The quantitative estimate of drug-likeness (QED) is 0.743. The molecule has 0 aliphatic carbocycles. The molecular weight excluding hydrogens is 286 g/mol. The van der Waals surface area contributed by atoms with Crippen LogP contribution in [0.3, 0.4) is 0 Å². The van der Waals surface area contributed by atoms with Gasteiger partial charge in [-0.25, -0.2) is 4.98 Å². The Kier molecular flexibility index (Phi) is 3.85. The van der Waals surface area contributed by atoms with Crippen molar-refractivity contribution in [3.8, 4) is 11.5 Å². The fourth-order valence-electron chi connectivity index (χ4n) is 3.04. The predicted octanol–water partition coefficient (Wildman–Crippen LogP) is 3.24. The normalized spacial score (nSPS) is 16.9. The Morgan fingerprint density at radius 2 is 1.78 bits per heavy atom. The van der Waals surface area contributed by atoms with Gasteiger partial charge in [-0.2, -0.15) is 0 Å². The van der Waals surface area contributed by atoms with Gasteiger partial charge >= 0.3 is 0 Å². The topological polar surface area (TPSA) is 32.5 Å². The molecular formula is C19H21N3O. The number of rotatable bonds is 3. The minimum absolute atomic E-state index is 0.692. The van der Waals surface area contributed by atoms with E-state index < -0.39 is 0 Å². The Hall–Kier alpha value is -2.17. The molecule has 0 unspecified atom stereocenters. The smallest absolute Gasteiger partial charge is 0.227 e. The molecule has 0 atom stereocenters. The summed E-state index contributed by atoms with van der Waals surface area (Å²) in [6, 6.07) is 16.4. The Morgan fingerprint density at radius 3 is 2.57 bits per heavy atom. The van der Waals surface area contributed by atoms with E-state index in [-0.39, 0.29) is 0 Å². The Labute approximate surface area is 136 Å². The zero-order valence-electron chi connectivity index (χ0n) is 13.4. The maximum atomic E-state index is 5.88. The van der Waals surface area contributed by atoms with E-state index in [4.69, 9.17) is 4.42 Å². The molecule has 23 heavy (non-hydrogen) atoms. The zero-order chi connectivity index (χ0) is 15.6. The third-order valence-corrected chi connectivity index (χ3v) is 4.47. The second kappa shape index (κ2) is 6.14. The summed E-state index contributed by atoms with van der Waals surface area (Å²) >= 11 is 0. The molecule has 1 saturated heterocycles. The lowest BCUT2D eigenvalue weighted by Crippen LogP contribution is -2.43. The molecule has 4 nitrogen and oxygen atoms in total. The Morgan fingerprint density at radius 1 is 1.00 bits per heavy atom. The van der Waals surface area contributed by atoms with E-state index in [1.807, 2.05) is 36.4 Å². The van der Waals surface area contributed by atoms with E-state index in [2.05, 4.69) is 34.0 Å². The van der Waals surface area contributed by atoms with Gasteiger partial charge in [0.25, 0.3) is 0 Å². The van der Waals surface area contributed by atoms with Crippen LogP contribution in [-0.2, 0) is 6.54 Å². The molecule has 2 heterocycles. The Bertz CT molecular complexity index is 789. The first-order chi connectivity index (χ1) is 11.3. The highest BCUT2D eigenvalue weighted by molar-refractivity contribution is 5.76. The zero-order valence-corrected chi connectivity index (χ0v) is 13.4. The fraction of sp³-hybridized carbons (Fsp3) is 0.316. The fourth-order valence-corrected chi connectivity index (χ4v) is 3.04. The number of aromatic nitrogens is 1. The second-order valence-corrected chi connectivity index (χ2v) is 6.27. The summed E-state index contributed by atoms with van der Waals surface area (Å²) in [6.07, 6.45) is 0. The van der Waals surface area contributed by atoms with E-state index in [0.29, 0.717) is 5.89 Å². The standard InChI is InChI=1S/C19H21N3O/c1-21-9-11-22(12-10-21)14-15-7-8-18-17(13-15)20-19(23-18)16-5-3-2-4-6-16/h2-8,13H,9-12,14H2,1H3. The van der Waals surface area contributed by atoms with Crippen molar-refractivity contribution in [2.24, 2.45) is 0 Å². The van der Waals surface area contributed by atoms with E-state index in [0.717, 1.165) is 49.4 Å². The maximum absolute atomic E-state index is 5.88. The van der Waals surface area contributed by atoms with Crippen LogP contribution in [0.25, 0.3) is 22.6 Å². The summed E-state index contributed by atoms with van der Waals surface area (Å²) in [4.78, 5) is 9.53. The molecule has 4 rings (SSSR count). The molecule has 0 amide bonds. The summed E-state index contributed by atoms with van der Waals surface area (Å²) in [7, 11) is 2.18. The number of likely N-dealkylation sites (N-methyl/N-ethyl adjacent to an activating group) is 1. The first kappa shape index (κ1) is 14.4. The highest BCUT2D eigenvalue weighted by atomic mass is 16.3. The van der Waals surface area contributed by atoms with Crippen molar-refractivity contribution in [3.63, 3.8) is 0 Å². The van der Waals surface area contributed by atoms with Crippen LogP contribution in [0.1, 0.15) is 5.56 Å². The van der Waals surface area contributed by atoms with Gasteiger partial charge in [0.15, 0.2) is 5.58 Å². The molecule has 1 fully saturated rings. The summed E-state index contributed by atoms with van der Waals surface area (Å²) < 4.78 is 5.88. The van der Waals surface area contributed by atoms with Crippen LogP contribution >= 0.6 is 0 Å².